The molecule has 1 aromatic rings. The fourth-order valence-corrected chi connectivity index (χ4v) is 1.54. The number of nitrogens with two attached hydrogens (primary N) is 1. The fraction of sp³-hybridized carbons (Fsp3) is 0.500. The van der Waals surface area contributed by atoms with E-state index in [9.17, 15) is 4.79 Å². The van der Waals surface area contributed by atoms with Gasteiger partial charge in [0.25, 0.3) is 5.91 Å². The van der Waals surface area contributed by atoms with Crippen molar-refractivity contribution in [2.75, 3.05) is 25.2 Å². The van der Waals surface area contributed by atoms with Gasteiger partial charge in [-0.25, -0.2) is 0 Å². The van der Waals surface area contributed by atoms with Crippen LogP contribution in [0.2, 0.25) is 0 Å². The summed E-state index contributed by atoms with van der Waals surface area (Å²) in [6.45, 7) is 4.26. The minimum absolute atomic E-state index is 0.0721. The first-order valence-corrected chi connectivity index (χ1v) is 6.70. The van der Waals surface area contributed by atoms with E-state index < -0.39 is 0 Å². The van der Waals surface area contributed by atoms with E-state index in [0.717, 1.165) is 31.6 Å². The molecule has 0 spiro atoms. The first kappa shape index (κ1) is 15.5. The molecule has 0 aromatic heterocycles. The quantitative estimate of drug-likeness (QED) is 0.362. The van der Waals surface area contributed by atoms with E-state index in [2.05, 4.69) is 17.7 Å². The maximum atomic E-state index is 11.8. The molecule has 0 aliphatic heterocycles. The number of carbonyl (C=O) groups excluding carboxylic acids is 1. The van der Waals surface area contributed by atoms with Crippen molar-refractivity contribution in [3.63, 3.8) is 0 Å². The molecule has 0 aliphatic carbocycles. The van der Waals surface area contributed by atoms with Crippen LogP contribution in [-0.4, -0.2) is 25.7 Å². The minimum Gasteiger partial charge on any atom is -0.381 e. The lowest BCUT2D eigenvalue weighted by molar-refractivity contribution is 0.0940. The third-order valence-corrected chi connectivity index (χ3v) is 2.71. The standard InChI is InChI=1S/C14H23N3O2/c1-2-3-10-19-11-4-9-16-14(18)12-5-7-13(17-15)8-6-12/h5-8,17H,2-4,9-11,15H2,1H3,(H,16,18). The third kappa shape index (κ3) is 6.22. The average molecular weight is 265 g/mol. The molecule has 0 atom stereocenters. The highest BCUT2D eigenvalue weighted by Crippen LogP contribution is 2.07. The molecule has 0 saturated heterocycles. The Labute approximate surface area is 114 Å². The van der Waals surface area contributed by atoms with E-state index in [1.54, 1.807) is 24.3 Å². The van der Waals surface area contributed by atoms with Crippen molar-refractivity contribution >= 4 is 11.6 Å². The van der Waals surface area contributed by atoms with Gasteiger partial charge in [-0.15, -0.1) is 0 Å². The molecule has 0 radical (unpaired) electrons. The van der Waals surface area contributed by atoms with Crippen molar-refractivity contribution in [1.82, 2.24) is 5.32 Å². The highest BCUT2D eigenvalue weighted by molar-refractivity contribution is 5.94. The molecule has 5 heteroatoms. The molecule has 0 fully saturated rings. The van der Waals surface area contributed by atoms with Gasteiger partial charge in [0.15, 0.2) is 0 Å². The fourth-order valence-electron chi connectivity index (χ4n) is 1.54. The van der Waals surface area contributed by atoms with Crippen molar-refractivity contribution in [3.8, 4) is 0 Å². The van der Waals surface area contributed by atoms with Gasteiger partial charge in [0, 0.05) is 31.0 Å². The number of nitrogens with one attached hydrogen (secondary N) is 2. The van der Waals surface area contributed by atoms with Crippen LogP contribution in [0.15, 0.2) is 24.3 Å². The van der Waals surface area contributed by atoms with Crippen molar-refractivity contribution in [1.29, 1.82) is 0 Å². The number of hydrogen-bond acceptors (Lipinski definition) is 4. The van der Waals surface area contributed by atoms with Crippen LogP contribution < -0.4 is 16.6 Å². The Kier molecular flexibility index (Phi) is 7.62. The maximum absolute atomic E-state index is 11.8. The van der Waals surface area contributed by atoms with Crippen LogP contribution in [0.5, 0.6) is 0 Å². The van der Waals surface area contributed by atoms with Crippen LogP contribution in [0.3, 0.4) is 0 Å². The van der Waals surface area contributed by atoms with E-state index in [1.165, 1.54) is 0 Å². The number of hydrogen-bond donors (Lipinski definition) is 3. The van der Waals surface area contributed by atoms with Gasteiger partial charge in [-0.05, 0) is 37.1 Å². The molecular formula is C14H23N3O2. The van der Waals surface area contributed by atoms with Gasteiger partial charge in [-0.1, -0.05) is 13.3 Å². The van der Waals surface area contributed by atoms with Crippen molar-refractivity contribution < 1.29 is 9.53 Å². The number of anilines is 1. The summed E-state index contributed by atoms with van der Waals surface area (Å²) in [6, 6.07) is 7.01. The number of rotatable bonds is 9. The summed E-state index contributed by atoms with van der Waals surface area (Å²) < 4.78 is 5.42. The molecule has 1 aromatic carbocycles. The molecule has 19 heavy (non-hydrogen) atoms. The molecule has 1 amide bonds. The second kappa shape index (κ2) is 9.35. The van der Waals surface area contributed by atoms with Crippen LogP contribution in [0, 0.1) is 0 Å². The van der Waals surface area contributed by atoms with E-state index >= 15 is 0 Å². The number of benzene rings is 1. The number of nitrogen functional groups attached to an aromatic ring is 1. The maximum Gasteiger partial charge on any atom is 0.251 e. The Hall–Kier alpha value is -1.59. The second-order valence-corrected chi connectivity index (χ2v) is 4.30. The molecule has 0 heterocycles. The van der Waals surface area contributed by atoms with E-state index in [0.29, 0.717) is 18.7 Å². The van der Waals surface area contributed by atoms with Crippen molar-refractivity contribution in [2.24, 2.45) is 5.84 Å². The van der Waals surface area contributed by atoms with E-state index in [-0.39, 0.29) is 5.91 Å². The summed E-state index contributed by atoms with van der Waals surface area (Å²) in [5, 5.41) is 2.86. The van der Waals surface area contributed by atoms with Crippen LogP contribution in [0.4, 0.5) is 5.69 Å². The first-order chi connectivity index (χ1) is 9.27. The molecule has 5 nitrogen and oxygen atoms in total. The lowest BCUT2D eigenvalue weighted by Gasteiger charge is -2.06. The number of unbranched alkanes of at least 4 members (excludes halogenated alkanes) is 1. The topological polar surface area (TPSA) is 76.4 Å². The summed E-state index contributed by atoms with van der Waals surface area (Å²) >= 11 is 0. The van der Waals surface area contributed by atoms with Crippen molar-refractivity contribution in [3.05, 3.63) is 29.8 Å². The van der Waals surface area contributed by atoms with Gasteiger partial charge in [0.2, 0.25) is 0 Å². The SMILES string of the molecule is CCCCOCCCNC(=O)c1ccc(NN)cc1. The molecular weight excluding hydrogens is 242 g/mol. The van der Waals surface area contributed by atoms with Gasteiger partial charge in [0.1, 0.15) is 0 Å². The van der Waals surface area contributed by atoms with Crippen LogP contribution >= 0.6 is 0 Å². The lowest BCUT2D eigenvalue weighted by Crippen LogP contribution is -2.25. The molecule has 0 bridgehead atoms. The normalized spacial score (nSPS) is 10.2. The number of amides is 1. The zero-order valence-electron chi connectivity index (χ0n) is 11.4. The number of hydrazine groups is 1. The largest absolute Gasteiger partial charge is 0.381 e. The van der Waals surface area contributed by atoms with Crippen molar-refractivity contribution in [2.45, 2.75) is 26.2 Å². The van der Waals surface area contributed by atoms with Crippen LogP contribution in [0.25, 0.3) is 0 Å². The monoisotopic (exact) mass is 265 g/mol. The Bertz CT molecular complexity index is 365. The lowest BCUT2D eigenvalue weighted by atomic mass is 10.2. The Morgan fingerprint density at radius 1 is 1.21 bits per heavy atom. The molecule has 106 valence electrons. The van der Waals surface area contributed by atoms with E-state index in [1.807, 2.05) is 0 Å². The zero-order valence-corrected chi connectivity index (χ0v) is 11.4. The summed E-state index contributed by atoms with van der Waals surface area (Å²) in [4.78, 5) is 11.8. The smallest absolute Gasteiger partial charge is 0.251 e. The number of carbonyl (C=O) groups is 1. The molecule has 0 unspecified atom stereocenters. The highest BCUT2D eigenvalue weighted by atomic mass is 16.5. The second-order valence-electron chi connectivity index (χ2n) is 4.30. The minimum atomic E-state index is -0.0721. The average Bonchev–Trinajstić information content (AvgIpc) is 2.46. The summed E-state index contributed by atoms with van der Waals surface area (Å²) in [5.74, 6) is 5.19. The van der Waals surface area contributed by atoms with Gasteiger partial charge < -0.3 is 15.5 Å². The Morgan fingerprint density at radius 2 is 1.89 bits per heavy atom. The van der Waals surface area contributed by atoms with Gasteiger partial charge in [0.05, 0.1) is 0 Å². The summed E-state index contributed by atoms with van der Waals surface area (Å²) in [6.07, 6.45) is 3.07. The molecule has 1 rings (SSSR count). The summed E-state index contributed by atoms with van der Waals surface area (Å²) in [5.41, 5.74) is 3.93. The third-order valence-electron chi connectivity index (χ3n) is 2.71. The predicted octanol–water partition coefficient (Wildman–Crippen LogP) is 1.91. The van der Waals surface area contributed by atoms with E-state index in [4.69, 9.17) is 10.6 Å². The summed E-state index contributed by atoms with van der Waals surface area (Å²) in [7, 11) is 0. The first-order valence-electron chi connectivity index (χ1n) is 6.70. The van der Waals surface area contributed by atoms with Crippen LogP contribution in [0.1, 0.15) is 36.5 Å². The predicted molar refractivity (Wildman–Crippen MR) is 76.9 cm³/mol. The number of ether oxygens (including phenoxy) is 1. The molecule has 4 N–H and O–H groups in total. The molecule has 0 saturated carbocycles. The van der Waals surface area contributed by atoms with Crippen LogP contribution in [-0.2, 0) is 4.74 Å². The Balaban J connectivity index is 2.16. The zero-order chi connectivity index (χ0) is 13.9. The molecule has 0 aliphatic rings. The highest BCUT2D eigenvalue weighted by Gasteiger charge is 2.03. The van der Waals surface area contributed by atoms with Gasteiger partial charge in [-0.2, -0.15) is 0 Å². The van der Waals surface area contributed by atoms with Gasteiger partial charge >= 0.3 is 0 Å². The Morgan fingerprint density at radius 3 is 2.53 bits per heavy atom. The van der Waals surface area contributed by atoms with Gasteiger partial charge in [-0.3, -0.25) is 10.6 Å².